The van der Waals surface area contributed by atoms with Gasteiger partial charge in [-0.1, -0.05) is 129 Å². The van der Waals surface area contributed by atoms with Crippen molar-refractivity contribution >= 4 is 96.5 Å². The average molecular weight is 743 g/mol. The minimum Gasteiger partial charge on any atom is -0.456 e. The van der Waals surface area contributed by atoms with Gasteiger partial charge in [0.2, 0.25) is 0 Å². The Kier molecular flexibility index (Phi) is 6.18. The third-order valence-electron chi connectivity index (χ3n) is 13.0. The van der Waals surface area contributed by atoms with Crippen LogP contribution in [0.2, 0.25) is 0 Å². The number of benzene rings is 10. The normalized spacial score (nSPS) is 13.6. The molecule has 0 radical (unpaired) electrons. The molecule has 0 N–H and O–H groups in total. The Bertz CT molecular complexity index is 3720. The predicted molar refractivity (Wildman–Crippen MR) is 245 cm³/mol. The second-order valence-corrected chi connectivity index (χ2v) is 17.5. The Morgan fingerprint density at radius 3 is 1.68 bits per heavy atom. The maximum Gasteiger partial charge on any atom is 0.135 e. The molecule has 266 valence electrons. The molecule has 57 heavy (non-hydrogen) atoms. The Morgan fingerprint density at radius 2 is 0.930 bits per heavy atom. The first-order valence-corrected chi connectivity index (χ1v) is 20.6. The summed E-state index contributed by atoms with van der Waals surface area (Å²) in [6.07, 6.45) is 0. The summed E-state index contributed by atoms with van der Waals surface area (Å²) in [4.78, 5) is 0. The summed E-state index contributed by atoms with van der Waals surface area (Å²) in [7, 11) is 0. The fourth-order valence-electron chi connectivity index (χ4n) is 10.2. The molecule has 12 aromatic rings. The van der Waals surface area contributed by atoms with Crippen molar-refractivity contribution < 1.29 is 4.42 Å². The molecule has 2 aromatic heterocycles. The number of furan rings is 1. The fourth-order valence-corrected chi connectivity index (χ4v) is 11.3. The van der Waals surface area contributed by atoms with E-state index in [1.54, 1.807) is 0 Å². The Labute approximate surface area is 333 Å². The predicted octanol–water partition coefficient (Wildman–Crippen LogP) is 16.2. The van der Waals surface area contributed by atoms with Crippen molar-refractivity contribution in [2.24, 2.45) is 0 Å². The van der Waals surface area contributed by atoms with Gasteiger partial charge < -0.3 is 4.42 Å². The van der Waals surface area contributed by atoms with E-state index >= 15 is 0 Å². The van der Waals surface area contributed by atoms with Crippen LogP contribution in [0, 0.1) is 0 Å². The zero-order valence-electron chi connectivity index (χ0n) is 31.5. The summed E-state index contributed by atoms with van der Waals surface area (Å²) in [5.41, 5.74) is 12.1. The van der Waals surface area contributed by atoms with Gasteiger partial charge in [0.05, 0.1) is 0 Å². The van der Waals surface area contributed by atoms with Gasteiger partial charge >= 0.3 is 0 Å². The lowest BCUT2D eigenvalue weighted by Crippen LogP contribution is -2.15. The van der Waals surface area contributed by atoms with E-state index in [0.717, 1.165) is 21.9 Å². The Morgan fingerprint density at radius 1 is 0.368 bits per heavy atom. The van der Waals surface area contributed by atoms with Crippen molar-refractivity contribution in [3.8, 4) is 33.4 Å². The van der Waals surface area contributed by atoms with Crippen molar-refractivity contribution in [1.82, 2.24) is 0 Å². The van der Waals surface area contributed by atoms with E-state index < -0.39 is 0 Å². The van der Waals surface area contributed by atoms with Gasteiger partial charge in [-0.25, -0.2) is 0 Å². The highest BCUT2D eigenvalue weighted by molar-refractivity contribution is 7.25. The molecule has 0 aliphatic heterocycles. The van der Waals surface area contributed by atoms with Gasteiger partial charge in [0.25, 0.3) is 0 Å². The summed E-state index contributed by atoms with van der Waals surface area (Å²) >= 11 is 1.89. The van der Waals surface area contributed by atoms with Crippen LogP contribution in [0.5, 0.6) is 0 Å². The lowest BCUT2D eigenvalue weighted by Gasteiger charge is -2.22. The topological polar surface area (TPSA) is 13.1 Å². The lowest BCUT2D eigenvalue weighted by atomic mass is 9.81. The number of fused-ring (bicyclic) bond motifs is 17. The summed E-state index contributed by atoms with van der Waals surface area (Å²) in [5.74, 6) is 0. The van der Waals surface area contributed by atoms with Gasteiger partial charge in [-0.05, 0) is 142 Å². The van der Waals surface area contributed by atoms with Crippen LogP contribution in [0.4, 0.5) is 0 Å². The van der Waals surface area contributed by atoms with E-state index in [1.807, 2.05) is 11.3 Å². The van der Waals surface area contributed by atoms with Crippen LogP contribution in [0.1, 0.15) is 25.0 Å². The SMILES string of the molecule is CC1(C)c2cc(-c3ccc4oc5ccc(-c6ccc7c(c6)c6ccccc6c6cc8sc9ccccc9c8cc76)cc5c4c3)ccc2-c2c1ccc1ccccc21. The second kappa shape index (κ2) is 11.2. The van der Waals surface area contributed by atoms with Crippen molar-refractivity contribution in [3.05, 3.63) is 181 Å². The van der Waals surface area contributed by atoms with Gasteiger partial charge in [0, 0.05) is 36.4 Å². The van der Waals surface area contributed by atoms with E-state index in [4.69, 9.17) is 4.42 Å². The molecule has 0 unspecified atom stereocenters. The summed E-state index contributed by atoms with van der Waals surface area (Å²) in [6.45, 7) is 4.74. The lowest BCUT2D eigenvalue weighted by molar-refractivity contribution is 0.661. The third kappa shape index (κ3) is 4.34. The minimum absolute atomic E-state index is 0.0892. The Balaban J connectivity index is 0.951. The molecule has 1 aliphatic rings. The zero-order chi connectivity index (χ0) is 37.6. The van der Waals surface area contributed by atoms with Crippen molar-refractivity contribution in [3.63, 3.8) is 0 Å². The van der Waals surface area contributed by atoms with Crippen molar-refractivity contribution in [2.45, 2.75) is 19.3 Å². The largest absolute Gasteiger partial charge is 0.456 e. The molecule has 10 aromatic carbocycles. The van der Waals surface area contributed by atoms with Crippen molar-refractivity contribution in [2.75, 3.05) is 0 Å². The highest BCUT2D eigenvalue weighted by Gasteiger charge is 2.36. The highest BCUT2D eigenvalue weighted by Crippen LogP contribution is 2.52. The molecule has 0 amide bonds. The van der Waals surface area contributed by atoms with Crippen molar-refractivity contribution in [1.29, 1.82) is 0 Å². The van der Waals surface area contributed by atoms with Crippen LogP contribution in [0.15, 0.2) is 174 Å². The summed E-state index contributed by atoms with van der Waals surface area (Å²) < 4.78 is 9.14. The van der Waals surface area contributed by atoms with Gasteiger partial charge in [-0.2, -0.15) is 0 Å². The van der Waals surface area contributed by atoms with Crippen LogP contribution in [-0.4, -0.2) is 0 Å². The second-order valence-electron chi connectivity index (χ2n) is 16.4. The standard InChI is InChI=1S/C55H34OS/c1-55(2)48-22-17-31-9-3-4-10-36(31)54(48)41-21-16-35(28-49(41)55)34-19-24-51-46(27-34)45-26-33(18-23-50(45)56-51)32-15-20-39-42(25-32)37-11-5-6-12-38(37)44-30-53-47(29-43(39)44)40-13-7-8-14-52(40)57-53/h3-30H,1-2H3. The molecule has 13 rings (SSSR count). The first-order valence-electron chi connectivity index (χ1n) is 19.8. The maximum atomic E-state index is 6.46. The molecule has 1 nitrogen and oxygen atoms in total. The number of hydrogen-bond acceptors (Lipinski definition) is 2. The smallest absolute Gasteiger partial charge is 0.135 e. The van der Waals surface area contributed by atoms with Gasteiger partial charge in [-0.3, -0.25) is 0 Å². The van der Waals surface area contributed by atoms with E-state index in [-0.39, 0.29) is 5.41 Å². The molecule has 0 spiro atoms. The first kappa shape index (κ1) is 31.5. The van der Waals surface area contributed by atoms with Gasteiger partial charge in [0.1, 0.15) is 11.2 Å². The van der Waals surface area contributed by atoms with Gasteiger partial charge in [0.15, 0.2) is 0 Å². The highest BCUT2D eigenvalue weighted by atomic mass is 32.1. The van der Waals surface area contributed by atoms with Crippen LogP contribution in [-0.2, 0) is 5.41 Å². The molecule has 2 heterocycles. The summed E-state index contributed by atoms with van der Waals surface area (Å²) in [6, 6.07) is 63.4. The maximum absolute atomic E-state index is 6.46. The fraction of sp³-hybridized carbons (Fsp3) is 0.0545. The first-order chi connectivity index (χ1) is 28.0. The van der Waals surface area contributed by atoms with E-state index in [2.05, 4.69) is 184 Å². The molecule has 0 bridgehead atoms. The summed E-state index contributed by atoms with van der Waals surface area (Å²) in [5, 5.41) is 15.4. The van der Waals surface area contributed by atoms with Crippen LogP contribution in [0.3, 0.4) is 0 Å². The molecule has 2 heteroatoms. The number of thiophene rings is 1. The molecule has 0 atom stereocenters. The number of rotatable bonds is 2. The Hall–Kier alpha value is -6.74. The van der Waals surface area contributed by atoms with E-state index in [0.29, 0.717) is 0 Å². The molecule has 0 fully saturated rings. The monoisotopic (exact) mass is 742 g/mol. The zero-order valence-corrected chi connectivity index (χ0v) is 32.3. The van der Waals surface area contributed by atoms with E-state index in [9.17, 15) is 0 Å². The van der Waals surface area contributed by atoms with Crippen LogP contribution in [0.25, 0.3) is 119 Å². The molecule has 1 aliphatic carbocycles. The molecule has 0 saturated heterocycles. The van der Waals surface area contributed by atoms with E-state index in [1.165, 1.54) is 108 Å². The third-order valence-corrected chi connectivity index (χ3v) is 14.2. The minimum atomic E-state index is -0.0892. The molecule has 0 saturated carbocycles. The average Bonchev–Trinajstić information content (AvgIpc) is 3.89. The molecular weight excluding hydrogens is 709 g/mol. The van der Waals surface area contributed by atoms with Crippen LogP contribution >= 0.6 is 11.3 Å². The quantitative estimate of drug-likeness (QED) is 0.161. The molecular formula is C55H34OS. The van der Waals surface area contributed by atoms with Gasteiger partial charge in [-0.15, -0.1) is 11.3 Å². The number of hydrogen-bond donors (Lipinski definition) is 0. The van der Waals surface area contributed by atoms with Crippen LogP contribution < -0.4 is 0 Å².